The zero-order chi connectivity index (χ0) is 23.7. The molecule has 1 amide bonds. The number of hydrogen-bond donors (Lipinski definition) is 2. The zero-order valence-electron chi connectivity index (χ0n) is 18.8. The van der Waals surface area contributed by atoms with E-state index in [9.17, 15) is 13.2 Å². The fraction of sp³-hybridized carbons (Fsp3) is 0.435. The van der Waals surface area contributed by atoms with Crippen molar-refractivity contribution in [3.8, 4) is 0 Å². The molecular weight excluding hydrogens is 469 g/mol. The standard InChI is InChI=1S/C23H29Cl2N3O3S/c1-16(22(29)26-21-10-7-18(24)15-20(21)25)27-11-13-28(14-12-27)32(30,31)19-8-5-17(6-9-19)23(2,3)4/h5-10,15-16H,11-14H2,1-4H3,(H,26,29)/p+1/t16-/m0/s1. The first-order valence-electron chi connectivity index (χ1n) is 10.6. The SMILES string of the molecule is C[C@@H](C(=O)Nc1ccc(Cl)cc1Cl)[NH+]1CCN(S(=O)(=O)c2ccc(C(C)(C)C)cc2)CC1. The summed E-state index contributed by atoms with van der Waals surface area (Å²) in [6.07, 6.45) is 0. The summed E-state index contributed by atoms with van der Waals surface area (Å²) in [4.78, 5) is 14.0. The number of quaternary nitrogens is 1. The van der Waals surface area contributed by atoms with Crippen LogP contribution in [0, 0.1) is 0 Å². The second kappa shape index (κ2) is 9.69. The molecule has 1 heterocycles. The van der Waals surface area contributed by atoms with Crippen LogP contribution in [0.4, 0.5) is 5.69 Å². The molecule has 1 saturated heterocycles. The van der Waals surface area contributed by atoms with E-state index in [4.69, 9.17) is 23.2 Å². The molecule has 0 aromatic heterocycles. The minimum atomic E-state index is -3.56. The Morgan fingerprint density at radius 1 is 1.06 bits per heavy atom. The molecule has 2 aromatic carbocycles. The summed E-state index contributed by atoms with van der Waals surface area (Å²) in [5.74, 6) is -0.168. The molecule has 0 spiro atoms. The molecule has 1 aliphatic heterocycles. The number of amides is 1. The van der Waals surface area contributed by atoms with Crippen molar-refractivity contribution in [2.45, 2.75) is 44.0 Å². The maximum Gasteiger partial charge on any atom is 0.282 e. The maximum absolute atomic E-state index is 13.1. The monoisotopic (exact) mass is 498 g/mol. The second-order valence-electron chi connectivity index (χ2n) is 9.17. The summed E-state index contributed by atoms with van der Waals surface area (Å²) in [5, 5.41) is 3.71. The highest BCUT2D eigenvalue weighted by Gasteiger charge is 2.34. The minimum Gasteiger partial charge on any atom is -0.323 e. The van der Waals surface area contributed by atoms with Crippen molar-refractivity contribution in [2.24, 2.45) is 0 Å². The molecule has 2 aromatic rings. The van der Waals surface area contributed by atoms with Gasteiger partial charge < -0.3 is 10.2 Å². The molecule has 32 heavy (non-hydrogen) atoms. The number of carbonyl (C=O) groups is 1. The number of nitrogens with one attached hydrogen (secondary N) is 2. The summed E-state index contributed by atoms with van der Waals surface area (Å²) in [6.45, 7) is 9.93. The van der Waals surface area contributed by atoms with Crippen molar-refractivity contribution in [1.82, 2.24) is 4.31 Å². The van der Waals surface area contributed by atoms with Crippen molar-refractivity contribution >= 4 is 44.8 Å². The Morgan fingerprint density at radius 2 is 1.66 bits per heavy atom. The van der Waals surface area contributed by atoms with Gasteiger partial charge in [-0.05, 0) is 48.2 Å². The van der Waals surface area contributed by atoms with Crippen LogP contribution in [0.5, 0.6) is 0 Å². The molecule has 6 nitrogen and oxygen atoms in total. The number of anilines is 1. The van der Waals surface area contributed by atoms with Gasteiger partial charge in [-0.1, -0.05) is 56.1 Å². The van der Waals surface area contributed by atoms with Crippen molar-refractivity contribution in [2.75, 3.05) is 31.5 Å². The summed E-state index contributed by atoms with van der Waals surface area (Å²) in [7, 11) is -3.56. The number of carbonyl (C=O) groups excluding carboxylic acids is 1. The number of piperazine rings is 1. The van der Waals surface area contributed by atoms with E-state index in [1.165, 1.54) is 4.31 Å². The van der Waals surface area contributed by atoms with Gasteiger partial charge in [-0.25, -0.2) is 8.42 Å². The summed E-state index contributed by atoms with van der Waals surface area (Å²) >= 11 is 12.1. The third kappa shape index (κ3) is 5.64. The molecule has 3 rings (SSSR count). The van der Waals surface area contributed by atoms with Crippen molar-refractivity contribution in [3.05, 3.63) is 58.1 Å². The fourth-order valence-electron chi connectivity index (χ4n) is 3.74. The molecule has 9 heteroatoms. The average Bonchev–Trinajstić information content (AvgIpc) is 2.74. The van der Waals surface area contributed by atoms with Gasteiger partial charge in [0.1, 0.15) is 0 Å². The van der Waals surface area contributed by atoms with E-state index < -0.39 is 10.0 Å². The molecule has 0 unspecified atom stereocenters. The van der Waals surface area contributed by atoms with Crippen LogP contribution in [0.3, 0.4) is 0 Å². The Kier molecular flexibility index (Phi) is 7.57. The van der Waals surface area contributed by atoms with Crippen LogP contribution >= 0.6 is 23.2 Å². The Hall–Kier alpha value is -1.64. The number of benzene rings is 2. The van der Waals surface area contributed by atoms with Crippen LogP contribution in [-0.2, 0) is 20.2 Å². The van der Waals surface area contributed by atoms with Crippen molar-refractivity contribution in [3.63, 3.8) is 0 Å². The van der Waals surface area contributed by atoms with Gasteiger partial charge in [-0.15, -0.1) is 0 Å². The zero-order valence-corrected chi connectivity index (χ0v) is 21.1. The van der Waals surface area contributed by atoms with Crippen LogP contribution in [0.25, 0.3) is 0 Å². The maximum atomic E-state index is 13.1. The quantitative estimate of drug-likeness (QED) is 0.664. The average molecular weight is 499 g/mol. The molecule has 0 radical (unpaired) electrons. The normalized spacial score (nSPS) is 17.2. The van der Waals surface area contributed by atoms with E-state index >= 15 is 0 Å². The van der Waals surface area contributed by atoms with Gasteiger partial charge in [-0.2, -0.15) is 4.31 Å². The van der Waals surface area contributed by atoms with Crippen LogP contribution in [0.1, 0.15) is 33.3 Å². The Labute approximate surface area is 200 Å². The van der Waals surface area contributed by atoms with E-state index in [1.807, 2.05) is 19.1 Å². The minimum absolute atomic E-state index is 0.0375. The first-order valence-corrected chi connectivity index (χ1v) is 12.8. The molecule has 0 bridgehead atoms. The molecule has 0 aliphatic carbocycles. The highest BCUT2D eigenvalue weighted by Crippen LogP contribution is 2.26. The molecule has 1 aliphatic rings. The van der Waals surface area contributed by atoms with Crippen LogP contribution in [0.15, 0.2) is 47.4 Å². The number of nitrogens with zero attached hydrogens (tertiary/aromatic N) is 1. The molecular formula is C23H30Cl2N3O3S+. The van der Waals surface area contributed by atoms with E-state index in [1.54, 1.807) is 30.3 Å². The third-order valence-electron chi connectivity index (χ3n) is 5.92. The van der Waals surface area contributed by atoms with Gasteiger partial charge in [-0.3, -0.25) is 4.79 Å². The highest BCUT2D eigenvalue weighted by molar-refractivity contribution is 7.89. The Balaban J connectivity index is 1.61. The Morgan fingerprint density at radius 3 is 2.19 bits per heavy atom. The van der Waals surface area contributed by atoms with Gasteiger partial charge in [0.2, 0.25) is 10.0 Å². The summed E-state index contributed by atoms with van der Waals surface area (Å²) in [5.41, 5.74) is 1.56. The first kappa shape index (κ1) is 25.0. The summed E-state index contributed by atoms with van der Waals surface area (Å²) < 4.78 is 27.7. The third-order valence-corrected chi connectivity index (χ3v) is 8.38. The molecule has 0 saturated carbocycles. The van der Waals surface area contributed by atoms with Gasteiger partial charge >= 0.3 is 0 Å². The second-order valence-corrected chi connectivity index (χ2v) is 12.0. The highest BCUT2D eigenvalue weighted by atomic mass is 35.5. The lowest BCUT2D eigenvalue weighted by Gasteiger charge is -2.34. The lowest BCUT2D eigenvalue weighted by molar-refractivity contribution is -0.917. The number of rotatable bonds is 5. The Bertz CT molecular complexity index is 1070. The smallest absolute Gasteiger partial charge is 0.282 e. The van der Waals surface area contributed by atoms with Crippen LogP contribution in [0.2, 0.25) is 10.0 Å². The van der Waals surface area contributed by atoms with Gasteiger partial charge in [0.25, 0.3) is 5.91 Å². The van der Waals surface area contributed by atoms with Crippen LogP contribution in [-0.4, -0.2) is 50.9 Å². The van der Waals surface area contributed by atoms with Gasteiger partial charge in [0.05, 0.1) is 41.8 Å². The van der Waals surface area contributed by atoms with Crippen molar-refractivity contribution in [1.29, 1.82) is 0 Å². The predicted molar refractivity (Wildman–Crippen MR) is 129 cm³/mol. The van der Waals surface area contributed by atoms with E-state index in [-0.39, 0.29) is 17.4 Å². The predicted octanol–water partition coefficient (Wildman–Crippen LogP) is 3.21. The van der Waals surface area contributed by atoms with Gasteiger partial charge in [0, 0.05) is 5.02 Å². The molecule has 2 N–H and O–H groups in total. The number of halogens is 2. The number of hydrogen-bond acceptors (Lipinski definition) is 3. The van der Waals surface area contributed by atoms with E-state index in [0.717, 1.165) is 10.5 Å². The molecule has 1 fully saturated rings. The summed E-state index contributed by atoms with van der Waals surface area (Å²) in [6, 6.07) is 11.7. The first-order chi connectivity index (χ1) is 14.9. The van der Waals surface area contributed by atoms with E-state index in [0.29, 0.717) is 46.8 Å². The fourth-order valence-corrected chi connectivity index (χ4v) is 5.64. The molecule has 174 valence electrons. The van der Waals surface area contributed by atoms with Gasteiger partial charge in [0.15, 0.2) is 6.04 Å². The van der Waals surface area contributed by atoms with Crippen molar-refractivity contribution < 1.29 is 18.1 Å². The van der Waals surface area contributed by atoms with Crippen LogP contribution < -0.4 is 10.2 Å². The lowest BCUT2D eigenvalue weighted by atomic mass is 9.87. The van der Waals surface area contributed by atoms with E-state index in [2.05, 4.69) is 26.1 Å². The topological polar surface area (TPSA) is 70.9 Å². The largest absolute Gasteiger partial charge is 0.323 e. The lowest BCUT2D eigenvalue weighted by Crippen LogP contribution is -3.19. The number of sulfonamides is 1. The molecule has 1 atom stereocenters.